The molecule has 17 heavy (non-hydrogen) atoms. The van der Waals surface area contributed by atoms with Gasteiger partial charge in [0.2, 0.25) is 0 Å². The Morgan fingerprint density at radius 1 is 1.47 bits per heavy atom. The quantitative estimate of drug-likeness (QED) is 0.845. The smallest absolute Gasteiger partial charge is 0.119 e. The summed E-state index contributed by atoms with van der Waals surface area (Å²) in [4.78, 5) is 11.2. The maximum absolute atomic E-state index is 4.42. The topological polar surface area (TPSA) is 41.1 Å². The number of rotatable bonds is 3. The zero-order valence-electron chi connectivity index (χ0n) is 10.2. The van der Waals surface area contributed by atoms with Crippen molar-refractivity contribution in [3.8, 4) is 0 Å². The maximum atomic E-state index is 4.42. The molecule has 0 radical (unpaired) electrons. The van der Waals surface area contributed by atoms with E-state index in [0.29, 0.717) is 6.04 Å². The normalized spacial score (nSPS) is 20.9. The molecule has 0 bridgehead atoms. The Hall–Kier alpha value is -0.360. The number of hydrogen-bond donors (Lipinski definition) is 1. The summed E-state index contributed by atoms with van der Waals surface area (Å²) in [5.74, 6) is 0. The summed E-state index contributed by atoms with van der Waals surface area (Å²) in [5.41, 5.74) is 1.10. The molecule has 0 saturated carbocycles. The van der Waals surface area contributed by atoms with Gasteiger partial charge in [-0.2, -0.15) is 0 Å². The fraction of sp³-hybridized carbons (Fsp3) is 0.636. The molecule has 0 aliphatic carbocycles. The van der Waals surface area contributed by atoms with Crippen molar-refractivity contribution in [2.24, 2.45) is 0 Å². The zero-order chi connectivity index (χ0) is 11.4. The molecule has 6 heteroatoms. The molecular formula is C11H19ClN4S. The SMILES string of the molecule is CSc1nccnc1CN1CCNC(C)C1.Cl. The van der Waals surface area contributed by atoms with Gasteiger partial charge >= 0.3 is 0 Å². The van der Waals surface area contributed by atoms with Gasteiger partial charge in [0.25, 0.3) is 0 Å². The number of halogens is 1. The first-order valence-corrected chi connectivity index (χ1v) is 6.81. The van der Waals surface area contributed by atoms with E-state index in [1.165, 1.54) is 0 Å². The number of aromatic nitrogens is 2. The lowest BCUT2D eigenvalue weighted by Gasteiger charge is -2.31. The summed E-state index contributed by atoms with van der Waals surface area (Å²) in [7, 11) is 0. The maximum Gasteiger partial charge on any atom is 0.119 e. The predicted molar refractivity (Wildman–Crippen MR) is 73.8 cm³/mol. The molecule has 1 aromatic rings. The summed E-state index contributed by atoms with van der Waals surface area (Å²) in [6.45, 7) is 6.38. The van der Waals surface area contributed by atoms with Crippen LogP contribution in [0.4, 0.5) is 0 Å². The van der Waals surface area contributed by atoms with Crippen LogP contribution in [-0.2, 0) is 6.54 Å². The van der Waals surface area contributed by atoms with Crippen LogP contribution >= 0.6 is 24.2 Å². The molecule has 1 N–H and O–H groups in total. The number of hydrogen-bond acceptors (Lipinski definition) is 5. The highest BCUT2D eigenvalue weighted by Crippen LogP contribution is 2.16. The van der Waals surface area contributed by atoms with E-state index in [-0.39, 0.29) is 12.4 Å². The minimum Gasteiger partial charge on any atom is -0.312 e. The molecule has 4 nitrogen and oxygen atoms in total. The van der Waals surface area contributed by atoms with Crippen molar-refractivity contribution in [3.05, 3.63) is 18.1 Å². The third kappa shape index (κ3) is 4.10. The summed E-state index contributed by atoms with van der Waals surface area (Å²) in [6, 6.07) is 0.572. The lowest BCUT2D eigenvalue weighted by Crippen LogP contribution is -2.48. The average molecular weight is 275 g/mol. The number of thioether (sulfide) groups is 1. The van der Waals surface area contributed by atoms with E-state index in [0.717, 1.165) is 36.9 Å². The Morgan fingerprint density at radius 3 is 2.94 bits per heavy atom. The van der Waals surface area contributed by atoms with E-state index in [9.17, 15) is 0 Å². The minimum absolute atomic E-state index is 0. The number of nitrogens with zero attached hydrogens (tertiary/aromatic N) is 3. The molecule has 1 aliphatic heterocycles. The standard InChI is InChI=1S/C11H18N4S.ClH/c1-9-7-15(6-5-12-9)8-10-11(16-2)14-4-3-13-10;/h3-4,9,12H,5-8H2,1-2H3;1H. The zero-order valence-corrected chi connectivity index (χ0v) is 11.9. The molecule has 2 rings (SSSR count). The van der Waals surface area contributed by atoms with Crippen LogP contribution in [0.3, 0.4) is 0 Å². The van der Waals surface area contributed by atoms with Crippen LogP contribution in [0.1, 0.15) is 12.6 Å². The molecule has 96 valence electrons. The van der Waals surface area contributed by atoms with Crippen LogP contribution < -0.4 is 5.32 Å². The third-order valence-corrected chi connectivity index (χ3v) is 3.48. The first-order valence-electron chi connectivity index (χ1n) is 5.59. The first kappa shape index (κ1) is 14.7. The molecule has 0 amide bonds. The average Bonchev–Trinajstić information content (AvgIpc) is 2.30. The van der Waals surface area contributed by atoms with E-state index in [1.807, 2.05) is 6.26 Å². The summed E-state index contributed by atoms with van der Waals surface area (Å²) >= 11 is 1.67. The summed E-state index contributed by atoms with van der Waals surface area (Å²) < 4.78 is 0. The fourth-order valence-corrected chi connectivity index (χ4v) is 2.52. The van der Waals surface area contributed by atoms with Gasteiger partial charge in [-0.25, -0.2) is 4.98 Å². The van der Waals surface area contributed by atoms with Gasteiger partial charge in [-0.15, -0.1) is 24.2 Å². The molecule has 1 saturated heterocycles. The highest BCUT2D eigenvalue weighted by Gasteiger charge is 2.17. The molecule has 0 spiro atoms. The summed E-state index contributed by atoms with van der Waals surface area (Å²) in [5, 5.41) is 4.49. The second-order valence-corrected chi connectivity index (χ2v) is 4.90. The second-order valence-electron chi connectivity index (χ2n) is 4.10. The number of nitrogens with one attached hydrogen (secondary N) is 1. The van der Waals surface area contributed by atoms with Crippen molar-refractivity contribution in [2.45, 2.75) is 24.5 Å². The Labute approximate surface area is 113 Å². The van der Waals surface area contributed by atoms with E-state index in [4.69, 9.17) is 0 Å². The monoisotopic (exact) mass is 274 g/mol. The van der Waals surface area contributed by atoms with Crippen molar-refractivity contribution in [2.75, 3.05) is 25.9 Å². The second kappa shape index (κ2) is 7.16. The van der Waals surface area contributed by atoms with Crippen LogP contribution in [0.25, 0.3) is 0 Å². The van der Waals surface area contributed by atoms with E-state index < -0.39 is 0 Å². The first-order chi connectivity index (χ1) is 7.79. The molecule has 2 heterocycles. The van der Waals surface area contributed by atoms with Gasteiger partial charge < -0.3 is 5.32 Å². The molecule has 1 aromatic heterocycles. The Bertz CT molecular complexity index is 350. The van der Waals surface area contributed by atoms with E-state index in [1.54, 1.807) is 24.2 Å². The molecule has 1 unspecified atom stereocenters. The molecule has 1 fully saturated rings. The summed E-state index contributed by atoms with van der Waals surface area (Å²) in [6.07, 6.45) is 5.59. The highest BCUT2D eigenvalue weighted by molar-refractivity contribution is 7.98. The largest absolute Gasteiger partial charge is 0.312 e. The van der Waals surface area contributed by atoms with Crippen molar-refractivity contribution < 1.29 is 0 Å². The van der Waals surface area contributed by atoms with Crippen molar-refractivity contribution in [1.82, 2.24) is 20.2 Å². The predicted octanol–water partition coefficient (Wildman–Crippen LogP) is 1.41. The van der Waals surface area contributed by atoms with Crippen LogP contribution in [-0.4, -0.2) is 46.8 Å². The molecule has 1 atom stereocenters. The van der Waals surface area contributed by atoms with Gasteiger partial charge in [0.15, 0.2) is 0 Å². The Morgan fingerprint density at radius 2 is 2.24 bits per heavy atom. The Kier molecular flexibility index (Phi) is 6.19. The van der Waals surface area contributed by atoms with Crippen molar-refractivity contribution in [3.63, 3.8) is 0 Å². The van der Waals surface area contributed by atoms with E-state index in [2.05, 4.69) is 27.1 Å². The van der Waals surface area contributed by atoms with Gasteiger partial charge in [0.05, 0.1) is 5.69 Å². The van der Waals surface area contributed by atoms with Gasteiger partial charge in [0.1, 0.15) is 5.03 Å². The van der Waals surface area contributed by atoms with Crippen molar-refractivity contribution >= 4 is 24.2 Å². The van der Waals surface area contributed by atoms with Gasteiger partial charge in [0, 0.05) is 44.6 Å². The lowest BCUT2D eigenvalue weighted by molar-refractivity contribution is 0.196. The fourth-order valence-electron chi connectivity index (χ4n) is 2.00. The molecule has 1 aliphatic rings. The lowest BCUT2D eigenvalue weighted by atomic mass is 10.2. The molecular weight excluding hydrogens is 256 g/mol. The minimum atomic E-state index is 0. The van der Waals surface area contributed by atoms with E-state index >= 15 is 0 Å². The van der Waals surface area contributed by atoms with Gasteiger partial charge in [-0.05, 0) is 13.2 Å². The van der Waals surface area contributed by atoms with Crippen LogP contribution in [0, 0.1) is 0 Å². The van der Waals surface area contributed by atoms with Crippen LogP contribution in [0.2, 0.25) is 0 Å². The van der Waals surface area contributed by atoms with Gasteiger partial charge in [-0.1, -0.05) is 0 Å². The van der Waals surface area contributed by atoms with Crippen LogP contribution in [0.15, 0.2) is 17.4 Å². The van der Waals surface area contributed by atoms with Crippen molar-refractivity contribution in [1.29, 1.82) is 0 Å². The third-order valence-electron chi connectivity index (χ3n) is 2.76. The van der Waals surface area contributed by atoms with Crippen LogP contribution in [0.5, 0.6) is 0 Å². The Balaban J connectivity index is 0.00000144. The highest BCUT2D eigenvalue weighted by atomic mass is 35.5. The molecule has 0 aromatic carbocycles. The van der Waals surface area contributed by atoms with Gasteiger partial charge in [-0.3, -0.25) is 9.88 Å². The number of piperazine rings is 1.